The van der Waals surface area contributed by atoms with E-state index in [4.69, 9.17) is 0 Å². The molecule has 0 heterocycles. The smallest absolute Gasteiger partial charge is 0.0699 e. The van der Waals surface area contributed by atoms with E-state index < -0.39 is 0 Å². The van der Waals surface area contributed by atoms with Crippen molar-refractivity contribution in [1.82, 2.24) is 0 Å². The van der Waals surface area contributed by atoms with Crippen LogP contribution in [0.15, 0.2) is 60.7 Å². The molecule has 0 aliphatic heterocycles. The van der Waals surface area contributed by atoms with E-state index in [-0.39, 0.29) is 11.3 Å². The highest BCUT2D eigenvalue weighted by atomic mass is 14.5. The highest BCUT2D eigenvalue weighted by Crippen LogP contribution is 2.57. The van der Waals surface area contributed by atoms with Crippen LogP contribution in [0.2, 0.25) is 0 Å². The summed E-state index contributed by atoms with van der Waals surface area (Å²) in [6.45, 7) is 0. The maximum absolute atomic E-state index is 9.50. The summed E-state index contributed by atoms with van der Waals surface area (Å²) in [4.78, 5) is 0. The third kappa shape index (κ3) is 1.80. The van der Waals surface area contributed by atoms with Crippen LogP contribution in [0.5, 0.6) is 0 Å². The first-order chi connectivity index (χ1) is 8.86. The minimum atomic E-state index is -0.178. The lowest BCUT2D eigenvalue weighted by Gasteiger charge is -2.22. The Morgan fingerprint density at radius 3 is 1.61 bits per heavy atom. The minimum absolute atomic E-state index is 0.178. The van der Waals surface area contributed by atoms with Gasteiger partial charge in [-0.1, -0.05) is 60.7 Å². The lowest BCUT2D eigenvalue weighted by molar-refractivity contribution is 0.573. The van der Waals surface area contributed by atoms with Crippen molar-refractivity contribution >= 4 is 0 Å². The maximum Gasteiger partial charge on any atom is 0.0699 e. The molecule has 0 spiro atoms. The number of nitriles is 1. The van der Waals surface area contributed by atoms with Crippen molar-refractivity contribution in [2.45, 2.75) is 18.8 Å². The fraction of sp³-hybridized carbons (Fsp3) is 0.235. The predicted octanol–water partition coefficient (Wildman–Crippen LogP) is 4.12. The summed E-state index contributed by atoms with van der Waals surface area (Å²) in [6.07, 6.45) is 2.02. The summed E-state index contributed by atoms with van der Waals surface area (Å²) in [5.41, 5.74) is 2.33. The molecule has 18 heavy (non-hydrogen) atoms. The fourth-order valence-corrected chi connectivity index (χ4v) is 2.72. The monoisotopic (exact) mass is 233 g/mol. The number of hydrogen-bond donors (Lipinski definition) is 0. The van der Waals surface area contributed by atoms with Gasteiger partial charge in [0.15, 0.2) is 0 Å². The number of nitrogens with zero attached hydrogens (tertiary/aromatic N) is 1. The highest BCUT2D eigenvalue weighted by molar-refractivity contribution is 5.40. The molecule has 3 rings (SSSR count). The summed E-state index contributed by atoms with van der Waals surface area (Å²) in [5, 5.41) is 9.50. The maximum atomic E-state index is 9.50. The first kappa shape index (κ1) is 11.0. The van der Waals surface area contributed by atoms with Crippen LogP contribution < -0.4 is 0 Å². The van der Waals surface area contributed by atoms with Crippen LogP contribution in [0.3, 0.4) is 0 Å². The Kier molecular flexibility index (Phi) is 2.64. The average Bonchev–Trinajstić information content (AvgIpc) is 3.23. The van der Waals surface area contributed by atoms with Crippen LogP contribution in [0.25, 0.3) is 0 Å². The molecule has 0 atom stereocenters. The lowest BCUT2D eigenvalue weighted by Crippen LogP contribution is -2.13. The molecule has 0 unspecified atom stereocenters. The van der Waals surface area contributed by atoms with Crippen LogP contribution in [0, 0.1) is 16.7 Å². The van der Waals surface area contributed by atoms with Gasteiger partial charge in [-0.3, -0.25) is 0 Å². The lowest BCUT2D eigenvalue weighted by atomic mass is 9.79. The summed E-state index contributed by atoms with van der Waals surface area (Å²) in [7, 11) is 0. The zero-order valence-corrected chi connectivity index (χ0v) is 10.2. The topological polar surface area (TPSA) is 23.8 Å². The van der Waals surface area contributed by atoms with E-state index in [0.29, 0.717) is 0 Å². The average molecular weight is 233 g/mol. The quantitative estimate of drug-likeness (QED) is 0.782. The molecule has 1 aliphatic rings. The second-order valence-corrected chi connectivity index (χ2v) is 5.02. The molecule has 1 aliphatic carbocycles. The largest absolute Gasteiger partial charge is 0.198 e. The SMILES string of the molecule is N#CC1(C(c2ccccc2)c2ccccc2)CC1. The van der Waals surface area contributed by atoms with Gasteiger partial charge in [-0.2, -0.15) is 5.26 Å². The molecule has 0 saturated heterocycles. The van der Waals surface area contributed by atoms with E-state index in [1.165, 1.54) is 11.1 Å². The minimum Gasteiger partial charge on any atom is -0.198 e. The Labute approximate surface area is 108 Å². The van der Waals surface area contributed by atoms with Gasteiger partial charge in [-0.25, -0.2) is 0 Å². The van der Waals surface area contributed by atoms with Crippen LogP contribution in [0.4, 0.5) is 0 Å². The Hall–Kier alpha value is -2.07. The molecule has 0 radical (unpaired) electrons. The molecule has 0 N–H and O–H groups in total. The molecule has 1 heteroatoms. The molecule has 1 fully saturated rings. The van der Waals surface area contributed by atoms with Crippen molar-refractivity contribution < 1.29 is 0 Å². The Bertz CT molecular complexity index is 522. The van der Waals surface area contributed by atoms with Gasteiger partial charge in [-0.05, 0) is 24.0 Å². The van der Waals surface area contributed by atoms with Crippen LogP contribution in [-0.4, -0.2) is 0 Å². The van der Waals surface area contributed by atoms with Crippen LogP contribution >= 0.6 is 0 Å². The number of benzene rings is 2. The van der Waals surface area contributed by atoms with Crippen molar-refractivity contribution in [1.29, 1.82) is 5.26 Å². The molecular weight excluding hydrogens is 218 g/mol. The summed E-state index contributed by atoms with van der Waals surface area (Å²) < 4.78 is 0. The second-order valence-electron chi connectivity index (χ2n) is 5.02. The fourth-order valence-electron chi connectivity index (χ4n) is 2.72. The molecule has 0 aromatic heterocycles. The Balaban J connectivity index is 2.09. The van der Waals surface area contributed by atoms with Gasteiger partial charge in [0.05, 0.1) is 11.5 Å². The molecular formula is C17H15N. The van der Waals surface area contributed by atoms with E-state index >= 15 is 0 Å². The zero-order chi connectivity index (χ0) is 12.4. The van der Waals surface area contributed by atoms with E-state index in [0.717, 1.165) is 12.8 Å². The molecule has 0 bridgehead atoms. The Morgan fingerprint density at radius 2 is 1.28 bits per heavy atom. The first-order valence-corrected chi connectivity index (χ1v) is 6.37. The van der Waals surface area contributed by atoms with Gasteiger partial charge in [0, 0.05) is 5.92 Å². The standard InChI is InChI=1S/C17H15N/c18-13-17(11-12-17)16(14-7-3-1-4-8-14)15-9-5-2-6-10-15/h1-10,16H,11-12H2. The van der Waals surface area contributed by atoms with Crippen LogP contribution in [-0.2, 0) is 0 Å². The molecule has 1 saturated carbocycles. The number of rotatable bonds is 3. The van der Waals surface area contributed by atoms with Gasteiger partial charge in [0.1, 0.15) is 0 Å². The summed E-state index contributed by atoms with van der Waals surface area (Å²) in [5.74, 6) is 0.213. The van der Waals surface area contributed by atoms with E-state index in [2.05, 4.69) is 54.6 Å². The van der Waals surface area contributed by atoms with E-state index in [9.17, 15) is 5.26 Å². The summed E-state index contributed by atoms with van der Waals surface area (Å²) in [6, 6.07) is 23.4. The van der Waals surface area contributed by atoms with Gasteiger partial charge < -0.3 is 0 Å². The van der Waals surface area contributed by atoms with Crippen molar-refractivity contribution in [2.75, 3.05) is 0 Å². The molecule has 0 amide bonds. The molecule has 88 valence electrons. The van der Waals surface area contributed by atoms with Crippen molar-refractivity contribution in [3.63, 3.8) is 0 Å². The molecule has 1 nitrogen and oxygen atoms in total. The van der Waals surface area contributed by atoms with Gasteiger partial charge in [-0.15, -0.1) is 0 Å². The molecule has 2 aromatic rings. The van der Waals surface area contributed by atoms with E-state index in [1.54, 1.807) is 0 Å². The van der Waals surface area contributed by atoms with Gasteiger partial charge in [0.25, 0.3) is 0 Å². The van der Waals surface area contributed by atoms with Gasteiger partial charge >= 0.3 is 0 Å². The van der Waals surface area contributed by atoms with Crippen molar-refractivity contribution in [2.24, 2.45) is 5.41 Å². The van der Waals surface area contributed by atoms with Gasteiger partial charge in [0.2, 0.25) is 0 Å². The van der Waals surface area contributed by atoms with E-state index in [1.807, 2.05) is 12.1 Å². The zero-order valence-electron chi connectivity index (χ0n) is 10.2. The summed E-state index contributed by atoms with van der Waals surface area (Å²) >= 11 is 0. The third-order valence-electron chi connectivity index (χ3n) is 3.83. The molecule has 2 aromatic carbocycles. The third-order valence-corrected chi connectivity index (χ3v) is 3.83. The normalized spacial score (nSPS) is 16.2. The first-order valence-electron chi connectivity index (χ1n) is 6.37. The van der Waals surface area contributed by atoms with Crippen LogP contribution in [0.1, 0.15) is 29.9 Å². The van der Waals surface area contributed by atoms with Crippen molar-refractivity contribution in [3.05, 3.63) is 71.8 Å². The van der Waals surface area contributed by atoms with Crippen molar-refractivity contribution in [3.8, 4) is 6.07 Å². The predicted molar refractivity (Wildman–Crippen MR) is 72.0 cm³/mol. The number of hydrogen-bond acceptors (Lipinski definition) is 1. The highest BCUT2D eigenvalue weighted by Gasteiger charge is 2.51. The second kappa shape index (κ2) is 4.31. The Morgan fingerprint density at radius 1 is 0.833 bits per heavy atom.